The number of hydrogen-bond acceptors (Lipinski definition) is 2. The van der Waals surface area contributed by atoms with E-state index in [1.165, 1.54) is 6.21 Å². The summed E-state index contributed by atoms with van der Waals surface area (Å²) in [5.74, 6) is -0.671. The van der Waals surface area contributed by atoms with E-state index in [1.54, 1.807) is 6.07 Å². The van der Waals surface area contributed by atoms with Crippen molar-refractivity contribution in [1.82, 2.24) is 0 Å². The standard InChI is InChI=1S/C20H25NO3/c1-12(2)14-8-7-13(3)18-16(9-14)15(10-17(18)19(22)23)11-21(24)20(4,5)6/h7-12H,1-6H3,(H,22,23)/b21-11-. The Morgan fingerprint density at radius 1 is 1.25 bits per heavy atom. The minimum absolute atomic E-state index is 0.238. The van der Waals surface area contributed by atoms with Crippen molar-refractivity contribution < 1.29 is 14.6 Å². The number of hydrogen-bond donors (Lipinski definition) is 1. The van der Waals surface area contributed by atoms with Gasteiger partial charge in [-0.3, -0.25) is 0 Å². The van der Waals surface area contributed by atoms with Crippen LogP contribution in [0.3, 0.4) is 0 Å². The van der Waals surface area contributed by atoms with E-state index >= 15 is 0 Å². The molecule has 0 aliphatic heterocycles. The zero-order valence-corrected chi connectivity index (χ0v) is 15.2. The van der Waals surface area contributed by atoms with Gasteiger partial charge in [-0.05, 0) is 41.2 Å². The van der Waals surface area contributed by atoms with Gasteiger partial charge in [-0.15, -0.1) is 0 Å². The Morgan fingerprint density at radius 2 is 1.88 bits per heavy atom. The molecule has 0 atom stereocenters. The molecule has 2 rings (SSSR count). The van der Waals surface area contributed by atoms with Gasteiger partial charge in [0, 0.05) is 26.3 Å². The topological polar surface area (TPSA) is 63.4 Å². The summed E-state index contributed by atoms with van der Waals surface area (Å²) in [6.45, 7) is 11.6. The van der Waals surface area contributed by atoms with Crippen molar-refractivity contribution in [3.05, 3.63) is 51.7 Å². The molecule has 0 spiro atoms. The van der Waals surface area contributed by atoms with E-state index in [4.69, 9.17) is 0 Å². The monoisotopic (exact) mass is 327 g/mol. The maximum Gasteiger partial charge on any atom is 0.336 e. The molecule has 0 heterocycles. The van der Waals surface area contributed by atoms with Gasteiger partial charge >= 0.3 is 5.97 Å². The Morgan fingerprint density at radius 3 is 2.38 bits per heavy atom. The van der Waals surface area contributed by atoms with Crippen LogP contribution >= 0.6 is 0 Å². The Kier molecular flexibility index (Phi) is 4.70. The predicted molar refractivity (Wildman–Crippen MR) is 97.4 cm³/mol. The highest BCUT2D eigenvalue weighted by Crippen LogP contribution is 2.36. The first-order valence-corrected chi connectivity index (χ1v) is 8.14. The van der Waals surface area contributed by atoms with Crippen LogP contribution in [0.15, 0.2) is 24.3 Å². The molecule has 2 aliphatic carbocycles. The van der Waals surface area contributed by atoms with Gasteiger partial charge in [-0.1, -0.05) is 32.0 Å². The smallest absolute Gasteiger partial charge is 0.336 e. The van der Waals surface area contributed by atoms with Crippen LogP contribution in [0.5, 0.6) is 0 Å². The first-order chi connectivity index (χ1) is 11.0. The first kappa shape index (κ1) is 18.0. The molecule has 0 unspecified atom stereocenters. The van der Waals surface area contributed by atoms with Crippen LogP contribution in [0.1, 0.15) is 67.6 Å². The molecule has 1 N–H and O–H groups in total. The van der Waals surface area contributed by atoms with Crippen molar-refractivity contribution in [2.75, 3.05) is 0 Å². The molecule has 0 aromatic heterocycles. The number of carbonyl (C=O) groups is 1. The largest absolute Gasteiger partial charge is 0.623 e. The van der Waals surface area contributed by atoms with Crippen molar-refractivity contribution >= 4 is 12.2 Å². The number of aryl methyl sites for hydroxylation is 1. The number of hydroxylamine groups is 1. The van der Waals surface area contributed by atoms with Gasteiger partial charge in [0.25, 0.3) is 0 Å². The molecule has 2 aliphatic rings. The summed E-state index contributed by atoms with van der Waals surface area (Å²) in [6.07, 6.45) is 1.50. The summed E-state index contributed by atoms with van der Waals surface area (Å²) in [6, 6.07) is 7.57. The predicted octanol–water partition coefficient (Wildman–Crippen LogP) is 4.65. The molecule has 0 aromatic rings. The van der Waals surface area contributed by atoms with Crippen molar-refractivity contribution in [3.8, 4) is 11.1 Å². The van der Waals surface area contributed by atoms with E-state index in [-0.39, 0.29) is 5.56 Å². The van der Waals surface area contributed by atoms with Crippen LogP contribution in [0.2, 0.25) is 0 Å². The molecule has 0 aromatic carbocycles. The summed E-state index contributed by atoms with van der Waals surface area (Å²) in [5.41, 5.74) is 3.81. The van der Waals surface area contributed by atoms with E-state index in [1.807, 2.05) is 45.9 Å². The van der Waals surface area contributed by atoms with E-state index < -0.39 is 11.5 Å². The highest BCUT2D eigenvalue weighted by Gasteiger charge is 2.25. The second-order valence-electron chi connectivity index (χ2n) is 7.55. The van der Waals surface area contributed by atoms with Gasteiger partial charge in [-0.2, -0.15) is 0 Å². The average molecular weight is 327 g/mol. The first-order valence-electron chi connectivity index (χ1n) is 8.14. The Bertz CT molecular complexity index is 782. The summed E-state index contributed by atoms with van der Waals surface area (Å²) in [7, 11) is 0. The number of nitrogens with zero attached hydrogens (tertiary/aromatic N) is 1. The van der Waals surface area contributed by atoms with Gasteiger partial charge < -0.3 is 10.3 Å². The van der Waals surface area contributed by atoms with Crippen LogP contribution in [0.25, 0.3) is 11.1 Å². The Balaban J connectivity index is 2.82. The van der Waals surface area contributed by atoms with Gasteiger partial charge in [0.15, 0.2) is 11.8 Å². The van der Waals surface area contributed by atoms with Crippen molar-refractivity contribution in [3.63, 3.8) is 0 Å². The van der Waals surface area contributed by atoms with E-state index in [9.17, 15) is 15.1 Å². The second-order valence-corrected chi connectivity index (χ2v) is 7.55. The SMILES string of the molecule is Cc1ccc(C(C)C)cc2c(/C=[N+](\[O-])C(C)(C)C)cc(C(=O)O)c1-2. The molecule has 0 saturated carbocycles. The maximum absolute atomic E-state index is 12.4. The van der Waals surface area contributed by atoms with Crippen molar-refractivity contribution in [2.45, 2.75) is 53.0 Å². The molecule has 0 saturated heterocycles. The van der Waals surface area contributed by atoms with Gasteiger partial charge in [-0.25, -0.2) is 9.53 Å². The lowest BCUT2D eigenvalue weighted by molar-refractivity contribution is -0.530. The van der Waals surface area contributed by atoms with Crippen LogP contribution < -0.4 is 0 Å². The number of carboxylic acid groups (broad SMARTS) is 1. The molecule has 0 amide bonds. The lowest BCUT2D eigenvalue weighted by atomic mass is 10.0. The third kappa shape index (κ3) is 3.42. The van der Waals surface area contributed by atoms with Crippen molar-refractivity contribution in [1.29, 1.82) is 0 Å². The molecular weight excluding hydrogens is 302 g/mol. The fraction of sp³-hybridized carbons (Fsp3) is 0.400. The van der Waals surface area contributed by atoms with Gasteiger partial charge in [0.2, 0.25) is 0 Å². The van der Waals surface area contributed by atoms with Crippen LogP contribution in [-0.4, -0.2) is 27.6 Å². The summed E-state index contributed by atoms with van der Waals surface area (Å²) in [4.78, 5) is 11.7. The zero-order chi connectivity index (χ0) is 18.2. The minimum Gasteiger partial charge on any atom is -0.623 e. The molecular formula is C20H25NO3. The summed E-state index contributed by atoms with van der Waals surface area (Å²) >= 11 is 0. The third-order valence-corrected chi connectivity index (χ3v) is 4.20. The molecule has 4 nitrogen and oxygen atoms in total. The van der Waals surface area contributed by atoms with E-state index in [2.05, 4.69) is 13.8 Å². The Labute approximate surface area is 143 Å². The lowest BCUT2D eigenvalue weighted by Crippen LogP contribution is -2.29. The van der Waals surface area contributed by atoms with E-state index in [0.717, 1.165) is 21.4 Å². The fourth-order valence-corrected chi connectivity index (χ4v) is 2.65. The quantitative estimate of drug-likeness (QED) is 0.386. The maximum atomic E-state index is 12.4. The highest BCUT2D eigenvalue weighted by molar-refractivity contribution is 6.05. The van der Waals surface area contributed by atoms with Crippen LogP contribution in [0.4, 0.5) is 0 Å². The zero-order valence-electron chi connectivity index (χ0n) is 15.2. The molecule has 128 valence electrons. The molecule has 0 radical (unpaired) electrons. The number of rotatable bonds is 3. The third-order valence-electron chi connectivity index (χ3n) is 4.20. The van der Waals surface area contributed by atoms with Crippen LogP contribution in [-0.2, 0) is 0 Å². The Hall–Kier alpha value is -2.36. The highest BCUT2D eigenvalue weighted by atomic mass is 16.5. The fourth-order valence-electron chi connectivity index (χ4n) is 2.65. The molecule has 0 bridgehead atoms. The van der Waals surface area contributed by atoms with E-state index in [0.29, 0.717) is 17.0 Å². The normalized spacial score (nSPS) is 12.9. The molecule has 4 heteroatoms. The summed E-state index contributed by atoms with van der Waals surface area (Å²) in [5, 5.41) is 21.9. The molecule has 0 fully saturated rings. The second kappa shape index (κ2) is 6.27. The van der Waals surface area contributed by atoms with Gasteiger partial charge in [0.05, 0.1) is 5.56 Å². The summed E-state index contributed by atoms with van der Waals surface area (Å²) < 4.78 is 0.880. The van der Waals surface area contributed by atoms with Gasteiger partial charge in [0.1, 0.15) is 0 Å². The number of aromatic carboxylic acids is 1. The lowest BCUT2D eigenvalue weighted by Gasteiger charge is -2.18. The minimum atomic E-state index is -0.978. The average Bonchev–Trinajstić information content (AvgIpc) is 2.70. The number of fused-ring (bicyclic) bond motifs is 1. The number of carboxylic acids is 1. The van der Waals surface area contributed by atoms with Crippen LogP contribution in [0, 0.1) is 12.1 Å². The van der Waals surface area contributed by atoms with Crippen molar-refractivity contribution in [2.24, 2.45) is 0 Å². The molecule has 24 heavy (non-hydrogen) atoms.